The summed E-state index contributed by atoms with van der Waals surface area (Å²) >= 11 is 4.51. The maximum absolute atomic E-state index is 13.6. The predicted molar refractivity (Wildman–Crippen MR) is 81.8 cm³/mol. The monoisotopic (exact) mass is 335 g/mol. The Labute approximate surface area is 132 Å². The second kappa shape index (κ2) is 7.45. The summed E-state index contributed by atoms with van der Waals surface area (Å²) in [5.41, 5.74) is 0.375. The van der Waals surface area contributed by atoms with E-state index >= 15 is 0 Å². The van der Waals surface area contributed by atoms with Crippen LogP contribution in [0.15, 0.2) is 18.2 Å². The van der Waals surface area contributed by atoms with Crippen LogP contribution in [0.25, 0.3) is 0 Å². The Bertz CT molecular complexity index is 507. The molecule has 1 rings (SSSR count). The molecular formula is C14H19ClFNO3S. The van der Waals surface area contributed by atoms with Gasteiger partial charge in [-0.3, -0.25) is 4.79 Å². The van der Waals surface area contributed by atoms with Gasteiger partial charge in [-0.05, 0) is 32.4 Å². The van der Waals surface area contributed by atoms with E-state index in [4.69, 9.17) is 11.6 Å². The summed E-state index contributed by atoms with van der Waals surface area (Å²) in [5, 5.41) is -0.0928. The molecule has 4 nitrogen and oxygen atoms in total. The van der Waals surface area contributed by atoms with Gasteiger partial charge in [-0.15, -0.1) is 4.72 Å². The van der Waals surface area contributed by atoms with Crippen molar-refractivity contribution in [2.75, 3.05) is 7.11 Å². The van der Waals surface area contributed by atoms with Gasteiger partial charge in [-0.25, -0.2) is 4.39 Å². The van der Waals surface area contributed by atoms with Crippen molar-refractivity contribution < 1.29 is 18.5 Å². The Kier molecular flexibility index (Phi) is 6.46. The molecule has 0 fully saturated rings. The smallest absolute Gasteiger partial charge is 0.307 e. The van der Waals surface area contributed by atoms with Crippen LogP contribution in [0.5, 0.6) is 0 Å². The summed E-state index contributed by atoms with van der Waals surface area (Å²) in [6, 6.07) is 3.61. The van der Waals surface area contributed by atoms with E-state index in [0.717, 1.165) is 0 Å². The van der Waals surface area contributed by atoms with Gasteiger partial charge in [0.05, 0.1) is 24.6 Å². The first-order valence-electron chi connectivity index (χ1n) is 6.35. The van der Waals surface area contributed by atoms with Gasteiger partial charge in [0, 0.05) is 11.4 Å². The lowest BCUT2D eigenvalue weighted by atomic mass is 10.0. The lowest BCUT2D eigenvalue weighted by molar-refractivity contribution is -0.141. The predicted octanol–water partition coefficient (Wildman–Crippen LogP) is 3.14. The van der Waals surface area contributed by atoms with Gasteiger partial charge < -0.3 is 9.29 Å². The number of esters is 1. The van der Waals surface area contributed by atoms with Gasteiger partial charge in [0.1, 0.15) is 10.6 Å². The summed E-state index contributed by atoms with van der Waals surface area (Å²) in [7, 11) is 1.26. The maximum atomic E-state index is 13.6. The van der Waals surface area contributed by atoms with E-state index in [1.165, 1.54) is 19.2 Å². The molecule has 0 amide bonds. The van der Waals surface area contributed by atoms with Crippen LogP contribution < -0.4 is 4.72 Å². The quantitative estimate of drug-likeness (QED) is 0.663. The largest absolute Gasteiger partial charge is 0.598 e. The van der Waals surface area contributed by atoms with Crippen LogP contribution in [0.2, 0.25) is 5.02 Å². The van der Waals surface area contributed by atoms with Gasteiger partial charge in [0.2, 0.25) is 0 Å². The lowest BCUT2D eigenvalue weighted by Crippen LogP contribution is -2.42. The van der Waals surface area contributed by atoms with Crippen molar-refractivity contribution in [3.63, 3.8) is 0 Å². The van der Waals surface area contributed by atoms with Crippen LogP contribution in [0.1, 0.15) is 38.8 Å². The molecule has 0 aromatic heterocycles. The average molecular weight is 336 g/mol. The normalized spacial score (nSPS) is 14.6. The van der Waals surface area contributed by atoms with Crippen molar-refractivity contribution in [2.45, 2.75) is 38.0 Å². The fourth-order valence-corrected chi connectivity index (χ4v) is 2.64. The molecule has 0 aliphatic carbocycles. The topological polar surface area (TPSA) is 61.4 Å². The van der Waals surface area contributed by atoms with E-state index in [9.17, 15) is 13.7 Å². The number of carbonyl (C=O) groups is 1. The summed E-state index contributed by atoms with van der Waals surface area (Å²) in [5.74, 6) is -1.09. The van der Waals surface area contributed by atoms with Crippen molar-refractivity contribution in [2.24, 2.45) is 0 Å². The Hall–Kier alpha value is -0.820. The van der Waals surface area contributed by atoms with Crippen molar-refractivity contribution in [3.05, 3.63) is 34.6 Å². The van der Waals surface area contributed by atoms with E-state index in [1.54, 1.807) is 26.8 Å². The molecule has 0 aliphatic rings. The molecular weight excluding hydrogens is 317 g/mol. The minimum Gasteiger partial charge on any atom is -0.598 e. The number of rotatable bonds is 5. The molecule has 0 radical (unpaired) electrons. The van der Waals surface area contributed by atoms with Gasteiger partial charge in [-0.1, -0.05) is 23.7 Å². The Morgan fingerprint density at radius 2 is 2.14 bits per heavy atom. The van der Waals surface area contributed by atoms with E-state index < -0.39 is 33.9 Å². The molecule has 0 saturated carbocycles. The fourth-order valence-electron chi connectivity index (χ4n) is 1.56. The highest BCUT2D eigenvalue weighted by Crippen LogP contribution is 2.29. The number of hydrogen-bond donors (Lipinski definition) is 1. The van der Waals surface area contributed by atoms with Crippen LogP contribution in [0, 0.1) is 5.82 Å². The number of ether oxygens (including phenoxy) is 1. The fraction of sp³-hybridized carbons (Fsp3) is 0.500. The summed E-state index contributed by atoms with van der Waals surface area (Å²) in [6.07, 6.45) is -0.0957. The third-order valence-electron chi connectivity index (χ3n) is 2.76. The second-order valence-electron chi connectivity index (χ2n) is 5.47. The number of benzene rings is 1. The van der Waals surface area contributed by atoms with E-state index in [0.29, 0.717) is 5.56 Å². The van der Waals surface area contributed by atoms with Gasteiger partial charge in [-0.2, -0.15) is 0 Å². The molecule has 2 atom stereocenters. The zero-order valence-electron chi connectivity index (χ0n) is 12.4. The second-order valence-corrected chi connectivity index (χ2v) is 7.85. The minimum absolute atomic E-state index is 0.0928. The molecule has 1 N–H and O–H groups in total. The molecule has 0 unspecified atom stereocenters. The zero-order valence-corrected chi connectivity index (χ0v) is 14.0. The highest BCUT2D eigenvalue weighted by Gasteiger charge is 2.32. The minimum atomic E-state index is -1.44. The molecule has 118 valence electrons. The highest BCUT2D eigenvalue weighted by atomic mass is 35.5. The Balaban J connectivity index is 3.07. The molecule has 0 saturated heterocycles. The zero-order chi connectivity index (χ0) is 16.2. The van der Waals surface area contributed by atoms with E-state index in [1.807, 2.05) is 0 Å². The van der Waals surface area contributed by atoms with Crippen molar-refractivity contribution >= 4 is 28.9 Å². The molecule has 21 heavy (non-hydrogen) atoms. The number of halogens is 2. The molecule has 1 aromatic rings. The first kappa shape index (κ1) is 18.2. The summed E-state index contributed by atoms with van der Waals surface area (Å²) < 4.78 is 32.7. The van der Waals surface area contributed by atoms with E-state index in [2.05, 4.69) is 9.46 Å². The molecule has 0 spiro atoms. The van der Waals surface area contributed by atoms with Crippen LogP contribution >= 0.6 is 11.6 Å². The van der Waals surface area contributed by atoms with E-state index in [-0.39, 0.29) is 11.4 Å². The third-order valence-corrected chi connectivity index (χ3v) is 4.77. The number of hydrogen-bond acceptors (Lipinski definition) is 4. The summed E-state index contributed by atoms with van der Waals surface area (Å²) in [4.78, 5) is 11.5. The molecule has 0 aliphatic heterocycles. The van der Waals surface area contributed by atoms with Crippen molar-refractivity contribution in [1.82, 2.24) is 4.72 Å². The average Bonchev–Trinajstić information content (AvgIpc) is 2.39. The van der Waals surface area contributed by atoms with Gasteiger partial charge in [0.25, 0.3) is 0 Å². The number of carbonyl (C=O) groups excluding carboxylic acids is 1. The molecule has 0 bridgehead atoms. The van der Waals surface area contributed by atoms with Gasteiger partial charge in [0.15, 0.2) is 0 Å². The molecule has 0 heterocycles. The lowest BCUT2D eigenvalue weighted by Gasteiger charge is -2.28. The Morgan fingerprint density at radius 1 is 1.52 bits per heavy atom. The van der Waals surface area contributed by atoms with Crippen molar-refractivity contribution in [1.29, 1.82) is 0 Å². The van der Waals surface area contributed by atoms with Crippen LogP contribution in [0.4, 0.5) is 4.39 Å². The van der Waals surface area contributed by atoms with Gasteiger partial charge >= 0.3 is 5.97 Å². The first-order valence-corrected chi connectivity index (χ1v) is 7.88. The van der Waals surface area contributed by atoms with Crippen LogP contribution in [-0.2, 0) is 20.9 Å². The third kappa shape index (κ3) is 5.14. The number of methoxy groups -OCH3 is 1. The summed E-state index contributed by atoms with van der Waals surface area (Å²) in [6.45, 7) is 5.37. The number of nitrogens with one attached hydrogen (secondary N) is 1. The Morgan fingerprint density at radius 3 is 2.67 bits per heavy atom. The standard InChI is InChI=1S/C14H19ClFNO3S/c1-14(2,3)21(19)17-11(8-12(18)20-4)9-6-5-7-10(16)13(9)15/h5-7,11,17H,8H2,1-4H3/t11-,21+/m0/s1. The molecule has 1 aromatic carbocycles. The highest BCUT2D eigenvalue weighted by molar-refractivity contribution is 7.90. The first-order chi connectivity index (χ1) is 9.66. The SMILES string of the molecule is COC(=O)C[C@H](N[S@+]([O-])C(C)(C)C)c1cccc(F)c1Cl. The van der Waals surface area contributed by atoms with Crippen LogP contribution in [0.3, 0.4) is 0 Å². The van der Waals surface area contributed by atoms with Crippen molar-refractivity contribution in [3.8, 4) is 0 Å². The maximum Gasteiger partial charge on any atom is 0.307 e. The molecule has 7 heteroatoms. The van der Waals surface area contributed by atoms with Crippen LogP contribution in [-0.4, -0.2) is 22.4 Å².